The van der Waals surface area contributed by atoms with Crippen LogP contribution in [0.2, 0.25) is 10.0 Å². The van der Waals surface area contributed by atoms with Crippen molar-refractivity contribution in [3.63, 3.8) is 0 Å². The van der Waals surface area contributed by atoms with Crippen molar-refractivity contribution in [1.29, 1.82) is 0 Å². The lowest BCUT2D eigenvalue weighted by atomic mass is 10.1. The minimum absolute atomic E-state index is 0.0595. The van der Waals surface area contributed by atoms with E-state index in [-0.39, 0.29) is 5.91 Å². The second-order valence-corrected chi connectivity index (χ2v) is 6.00. The predicted molar refractivity (Wildman–Crippen MR) is 79.8 cm³/mol. The summed E-state index contributed by atoms with van der Waals surface area (Å²) >= 11 is 11.9. The van der Waals surface area contributed by atoms with Gasteiger partial charge in [0, 0.05) is 19.2 Å². The number of amides is 1. The van der Waals surface area contributed by atoms with E-state index >= 15 is 0 Å². The highest BCUT2D eigenvalue weighted by atomic mass is 35.5. The van der Waals surface area contributed by atoms with Gasteiger partial charge < -0.3 is 10.6 Å². The van der Waals surface area contributed by atoms with Crippen molar-refractivity contribution in [1.82, 2.24) is 4.90 Å². The summed E-state index contributed by atoms with van der Waals surface area (Å²) < 4.78 is 0. The number of nitrogen functional groups attached to an aromatic ring is 1. The number of rotatable bonds is 3. The highest BCUT2D eigenvalue weighted by Gasteiger charge is 2.21. The Hall–Kier alpha value is -0.930. The molecule has 104 valence electrons. The zero-order valence-corrected chi connectivity index (χ0v) is 12.5. The van der Waals surface area contributed by atoms with Gasteiger partial charge in [-0.25, -0.2) is 0 Å². The van der Waals surface area contributed by atoms with Crippen LogP contribution in [0.1, 0.15) is 36.0 Å². The molecule has 1 amide bonds. The van der Waals surface area contributed by atoms with Gasteiger partial charge in [0.1, 0.15) is 0 Å². The number of hydrogen-bond acceptors (Lipinski definition) is 2. The monoisotopic (exact) mass is 300 g/mol. The van der Waals surface area contributed by atoms with Gasteiger partial charge in [0.05, 0.1) is 15.7 Å². The molecule has 1 fully saturated rings. The lowest BCUT2D eigenvalue weighted by Crippen LogP contribution is -2.31. The summed E-state index contributed by atoms with van der Waals surface area (Å²) in [6, 6.07) is 3.16. The number of hydrogen-bond donors (Lipinski definition) is 1. The molecule has 1 aliphatic rings. The van der Waals surface area contributed by atoms with E-state index < -0.39 is 0 Å². The van der Waals surface area contributed by atoms with E-state index in [1.807, 2.05) is 7.05 Å². The minimum Gasteiger partial charge on any atom is -0.396 e. The third-order valence-corrected chi connectivity index (χ3v) is 4.30. The lowest BCUT2D eigenvalue weighted by Gasteiger charge is -2.21. The fraction of sp³-hybridized carbons (Fsp3) is 0.500. The van der Waals surface area contributed by atoms with Crippen molar-refractivity contribution in [2.75, 3.05) is 19.3 Å². The number of nitrogens with zero attached hydrogens (tertiary/aromatic N) is 1. The second kappa shape index (κ2) is 6.02. The molecule has 19 heavy (non-hydrogen) atoms. The Kier molecular flexibility index (Phi) is 4.58. The molecule has 0 heterocycles. The summed E-state index contributed by atoms with van der Waals surface area (Å²) in [6.07, 6.45) is 4.96. The van der Waals surface area contributed by atoms with Gasteiger partial charge in [-0.2, -0.15) is 0 Å². The predicted octanol–water partition coefficient (Wildman–Crippen LogP) is 3.84. The molecule has 0 saturated heterocycles. The summed E-state index contributed by atoms with van der Waals surface area (Å²) in [6.45, 7) is 0.790. The average Bonchev–Trinajstić information content (AvgIpc) is 2.87. The number of nitrogens with two attached hydrogens (primary N) is 1. The molecule has 3 nitrogen and oxygen atoms in total. The Bertz CT molecular complexity index is 461. The van der Waals surface area contributed by atoms with Crippen molar-refractivity contribution in [3.8, 4) is 0 Å². The van der Waals surface area contributed by atoms with Gasteiger partial charge in [0.15, 0.2) is 0 Å². The van der Waals surface area contributed by atoms with Crippen LogP contribution < -0.4 is 5.73 Å². The van der Waals surface area contributed by atoms with Gasteiger partial charge in [-0.15, -0.1) is 0 Å². The molecular formula is C14H18Cl2N2O. The van der Waals surface area contributed by atoms with Gasteiger partial charge in [0.25, 0.3) is 5.91 Å². The number of carbonyl (C=O) groups is 1. The maximum absolute atomic E-state index is 12.3. The Morgan fingerprint density at radius 1 is 1.32 bits per heavy atom. The van der Waals surface area contributed by atoms with Crippen LogP contribution in [0, 0.1) is 5.92 Å². The Labute approximate surface area is 123 Å². The molecule has 1 saturated carbocycles. The molecule has 0 unspecified atom stereocenters. The normalized spacial score (nSPS) is 15.7. The van der Waals surface area contributed by atoms with E-state index in [1.165, 1.54) is 25.7 Å². The molecular weight excluding hydrogens is 283 g/mol. The van der Waals surface area contributed by atoms with Crippen LogP contribution >= 0.6 is 23.2 Å². The van der Waals surface area contributed by atoms with E-state index in [4.69, 9.17) is 28.9 Å². The number of anilines is 1. The maximum Gasteiger partial charge on any atom is 0.253 e. The van der Waals surface area contributed by atoms with Crippen LogP contribution in [-0.2, 0) is 0 Å². The third-order valence-electron chi connectivity index (χ3n) is 3.68. The molecule has 0 aliphatic heterocycles. The quantitative estimate of drug-likeness (QED) is 0.862. The van der Waals surface area contributed by atoms with Crippen molar-refractivity contribution < 1.29 is 4.79 Å². The minimum atomic E-state index is -0.0595. The van der Waals surface area contributed by atoms with E-state index in [9.17, 15) is 4.79 Å². The summed E-state index contributed by atoms with van der Waals surface area (Å²) in [5.74, 6) is 0.560. The molecule has 1 aliphatic carbocycles. The van der Waals surface area contributed by atoms with Gasteiger partial charge in [-0.05, 0) is 30.9 Å². The molecule has 0 aromatic heterocycles. The largest absolute Gasteiger partial charge is 0.396 e. The van der Waals surface area contributed by atoms with E-state index in [0.717, 1.165) is 6.54 Å². The van der Waals surface area contributed by atoms with Crippen molar-refractivity contribution in [3.05, 3.63) is 27.7 Å². The molecule has 0 spiro atoms. The Morgan fingerprint density at radius 3 is 2.37 bits per heavy atom. The highest BCUT2D eigenvalue weighted by molar-refractivity contribution is 6.39. The number of benzene rings is 1. The molecule has 0 radical (unpaired) electrons. The summed E-state index contributed by atoms with van der Waals surface area (Å²) in [5, 5.41) is 0.648. The van der Waals surface area contributed by atoms with Gasteiger partial charge >= 0.3 is 0 Å². The van der Waals surface area contributed by atoms with Crippen LogP contribution in [0.5, 0.6) is 0 Å². The highest BCUT2D eigenvalue weighted by Crippen LogP contribution is 2.30. The summed E-state index contributed by atoms with van der Waals surface area (Å²) in [5.41, 5.74) is 6.48. The van der Waals surface area contributed by atoms with Crippen molar-refractivity contribution in [2.45, 2.75) is 25.7 Å². The molecule has 5 heteroatoms. The Morgan fingerprint density at radius 2 is 1.84 bits per heavy atom. The number of halogens is 2. The zero-order valence-electron chi connectivity index (χ0n) is 11.0. The standard InChI is InChI=1S/C14H18Cl2N2O/c1-18(8-9-4-2-3-5-9)14(19)10-6-11(15)13(17)12(16)7-10/h6-7,9H,2-5,8,17H2,1H3. The molecule has 2 N–H and O–H groups in total. The van der Waals surface area contributed by atoms with Crippen LogP contribution in [-0.4, -0.2) is 24.4 Å². The first-order valence-corrected chi connectivity index (χ1v) is 7.24. The van der Waals surface area contributed by atoms with E-state index in [2.05, 4.69) is 0 Å². The van der Waals surface area contributed by atoms with Gasteiger partial charge in [-0.3, -0.25) is 4.79 Å². The third kappa shape index (κ3) is 3.34. The SMILES string of the molecule is CN(CC1CCCC1)C(=O)c1cc(Cl)c(N)c(Cl)c1. The summed E-state index contributed by atoms with van der Waals surface area (Å²) in [7, 11) is 1.82. The fourth-order valence-corrected chi connectivity index (χ4v) is 3.08. The molecule has 0 bridgehead atoms. The molecule has 1 aromatic rings. The van der Waals surface area contributed by atoms with Crippen LogP contribution in [0.15, 0.2) is 12.1 Å². The first-order chi connectivity index (χ1) is 8.99. The van der Waals surface area contributed by atoms with Crippen LogP contribution in [0.25, 0.3) is 0 Å². The maximum atomic E-state index is 12.3. The smallest absolute Gasteiger partial charge is 0.253 e. The van der Waals surface area contributed by atoms with Crippen LogP contribution in [0.4, 0.5) is 5.69 Å². The van der Waals surface area contributed by atoms with E-state index in [1.54, 1.807) is 17.0 Å². The van der Waals surface area contributed by atoms with Crippen LogP contribution in [0.3, 0.4) is 0 Å². The zero-order chi connectivity index (χ0) is 14.0. The summed E-state index contributed by atoms with van der Waals surface area (Å²) in [4.78, 5) is 14.1. The van der Waals surface area contributed by atoms with Gasteiger partial charge in [0.2, 0.25) is 0 Å². The Balaban J connectivity index is 2.10. The van der Waals surface area contributed by atoms with E-state index in [0.29, 0.717) is 27.2 Å². The average molecular weight is 301 g/mol. The first-order valence-electron chi connectivity index (χ1n) is 6.49. The molecule has 2 rings (SSSR count). The number of carbonyl (C=O) groups excluding carboxylic acids is 1. The first kappa shape index (κ1) is 14.5. The lowest BCUT2D eigenvalue weighted by molar-refractivity contribution is 0.0773. The molecule has 1 aromatic carbocycles. The fourth-order valence-electron chi connectivity index (χ4n) is 2.59. The van der Waals surface area contributed by atoms with Crippen molar-refractivity contribution >= 4 is 34.8 Å². The van der Waals surface area contributed by atoms with Crippen molar-refractivity contribution in [2.24, 2.45) is 5.92 Å². The second-order valence-electron chi connectivity index (χ2n) is 5.19. The van der Waals surface area contributed by atoms with Gasteiger partial charge in [-0.1, -0.05) is 36.0 Å². The molecule has 0 atom stereocenters. The topological polar surface area (TPSA) is 46.3 Å².